The number of thioether (sulfide) groups is 1. The van der Waals surface area contributed by atoms with Crippen molar-refractivity contribution in [3.63, 3.8) is 0 Å². The molecule has 25 heavy (non-hydrogen) atoms. The summed E-state index contributed by atoms with van der Waals surface area (Å²) in [4.78, 5) is 25.7. The van der Waals surface area contributed by atoms with Gasteiger partial charge in [-0.2, -0.15) is 11.8 Å². The molecule has 1 N–H and O–H groups in total. The molecule has 2 fully saturated rings. The number of carbonyl (C=O) groups is 2. The van der Waals surface area contributed by atoms with Gasteiger partial charge in [-0.05, 0) is 53.8 Å². The van der Waals surface area contributed by atoms with Gasteiger partial charge < -0.3 is 5.32 Å². The number of hydrogen-bond acceptors (Lipinski definition) is 3. The van der Waals surface area contributed by atoms with E-state index in [0.717, 1.165) is 40.0 Å². The molecular formula is C21H21NO2S. The Morgan fingerprint density at radius 3 is 2.52 bits per heavy atom. The fourth-order valence-corrected chi connectivity index (χ4v) is 5.33. The molecule has 2 unspecified atom stereocenters. The molecule has 0 aromatic heterocycles. The summed E-state index contributed by atoms with van der Waals surface area (Å²) in [6.45, 7) is 4.04. The molecule has 2 saturated heterocycles. The number of nitrogens with one attached hydrogen (secondary N) is 1. The van der Waals surface area contributed by atoms with Gasteiger partial charge in [0.25, 0.3) is 0 Å². The van der Waals surface area contributed by atoms with Crippen LogP contribution in [-0.4, -0.2) is 28.7 Å². The Labute approximate surface area is 152 Å². The predicted molar refractivity (Wildman–Crippen MR) is 102 cm³/mol. The lowest BCUT2D eigenvalue weighted by Crippen LogP contribution is -2.46. The monoisotopic (exact) mass is 351 g/mol. The third kappa shape index (κ3) is 2.60. The van der Waals surface area contributed by atoms with Crippen LogP contribution < -0.4 is 5.32 Å². The highest BCUT2D eigenvalue weighted by Gasteiger charge is 2.54. The minimum atomic E-state index is -0.665. The molecule has 1 amide bonds. The van der Waals surface area contributed by atoms with Crippen LogP contribution in [0.2, 0.25) is 0 Å². The second kappa shape index (κ2) is 6.03. The molecule has 2 atom stereocenters. The number of carbonyl (C=O) groups excluding carboxylic acids is 2. The van der Waals surface area contributed by atoms with Gasteiger partial charge in [0.1, 0.15) is 11.5 Å². The average Bonchev–Trinajstić information content (AvgIpc) is 3.16. The molecule has 0 bridgehead atoms. The van der Waals surface area contributed by atoms with Crippen molar-refractivity contribution in [1.82, 2.24) is 5.32 Å². The predicted octanol–water partition coefficient (Wildman–Crippen LogP) is 3.63. The summed E-state index contributed by atoms with van der Waals surface area (Å²) in [5.74, 6) is 0.889. The largest absolute Gasteiger partial charge is 0.342 e. The van der Waals surface area contributed by atoms with Crippen LogP contribution in [0.1, 0.15) is 29.0 Å². The minimum absolute atomic E-state index is 0.0532. The Bertz CT molecular complexity index is 854. The van der Waals surface area contributed by atoms with Gasteiger partial charge in [-0.25, -0.2) is 0 Å². The normalized spacial score (nSPS) is 25.6. The first-order chi connectivity index (χ1) is 12.0. The van der Waals surface area contributed by atoms with E-state index in [9.17, 15) is 9.59 Å². The van der Waals surface area contributed by atoms with Crippen molar-refractivity contribution in [3.05, 3.63) is 59.2 Å². The Kier molecular flexibility index (Phi) is 3.95. The van der Waals surface area contributed by atoms with E-state index in [2.05, 4.69) is 23.5 Å². The summed E-state index contributed by atoms with van der Waals surface area (Å²) >= 11 is 1.74. The highest BCUT2D eigenvalue weighted by molar-refractivity contribution is 7.99. The zero-order valence-corrected chi connectivity index (χ0v) is 15.3. The van der Waals surface area contributed by atoms with Crippen LogP contribution in [0.3, 0.4) is 0 Å². The molecule has 4 rings (SSSR count). The molecule has 4 heteroatoms. The number of Topliss-reactive ketones (excluding diaryl/α,β-unsaturated/α-hetero) is 1. The van der Waals surface area contributed by atoms with Crippen molar-refractivity contribution >= 4 is 23.5 Å². The van der Waals surface area contributed by atoms with Crippen molar-refractivity contribution < 1.29 is 9.59 Å². The summed E-state index contributed by atoms with van der Waals surface area (Å²) in [5.41, 5.74) is 4.62. The quantitative estimate of drug-likeness (QED) is 0.841. The lowest BCUT2D eigenvalue weighted by molar-refractivity contribution is -0.125. The standard InChI is InChI=1S/C21H21NO2S/c1-13-11-17(14(2)10-16(13)15-6-4-3-5-7-15)18-19(23)21(22-20(18)24)8-9-25-12-21/h3-7,10-11,18H,8-9,12H2,1-2H3,(H,22,24). The van der Waals surface area contributed by atoms with Crippen molar-refractivity contribution in [2.24, 2.45) is 0 Å². The first kappa shape index (κ1) is 16.4. The number of rotatable bonds is 2. The smallest absolute Gasteiger partial charge is 0.236 e. The number of aryl methyl sites for hydroxylation is 2. The lowest BCUT2D eigenvalue weighted by atomic mass is 9.83. The summed E-state index contributed by atoms with van der Waals surface area (Å²) < 4.78 is 0. The first-order valence-corrected chi connectivity index (χ1v) is 9.78. The summed E-state index contributed by atoms with van der Waals surface area (Å²) in [5, 5.41) is 3.01. The maximum Gasteiger partial charge on any atom is 0.236 e. The molecule has 2 heterocycles. The van der Waals surface area contributed by atoms with Crippen LogP contribution in [0.25, 0.3) is 11.1 Å². The maximum absolute atomic E-state index is 13.1. The molecule has 1 spiro atoms. The van der Waals surface area contributed by atoms with Crippen LogP contribution in [0.15, 0.2) is 42.5 Å². The molecule has 128 valence electrons. The number of ketones is 1. The molecule has 0 aliphatic carbocycles. The summed E-state index contributed by atoms with van der Waals surface area (Å²) in [7, 11) is 0. The lowest BCUT2D eigenvalue weighted by Gasteiger charge is -2.20. The SMILES string of the molecule is Cc1cc(C2C(=O)NC3(CCSC3)C2=O)c(C)cc1-c1ccccc1. The van der Waals surface area contributed by atoms with E-state index < -0.39 is 11.5 Å². The third-order valence-electron chi connectivity index (χ3n) is 5.39. The fourth-order valence-electron chi connectivity index (χ4n) is 3.98. The topological polar surface area (TPSA) is 46.2 Å². The Morgan fingerprint density at radius 1 is 1.08 bits per heavy atom. The summed E-state index contributed by atoms with van der Waals surface area (Å²) in [6.07, 6.45) is 0.749. The molecule has 2 aromatic carbocycles. The van der Waals surface area contributed by atoms with E-state index >= 15 is 0 Å². The third-order valence-corrected chi connectivity index (χ3v) is 6.58. The van der Waals surface area contributed by atoms with Crippen molar-refractivity contribution in [2.75, 3.05) is 11.5 Å². The van der Waals surface area contributed by atoms with E-state index in [1.807, 2.05) is 38.1 Å². The van der Waals surface area contributed by atoms with Gasteiger partial charge in [0.2, 0.25) is 5.91 Å². The van der Waals surface area contributed by atoms with Gasteiger partial charge in [0.15, 0.2) is 5.78 Å². The number of amides is 1. The van der Waals surface area contributed by atoms with E-state index in [1.165, 1.54) is 0 Å². The van der Waals surface area contributed by atoms with Crippen molar-refractivity contribution in [1.29, 1.82) is 0 Å². The number of benzene rings is 2. The van der Waals surface area contributed by atoms with Crippen LogP contribution in [0.4, 0.5) is 0 Å². The maximum atomic E-state index is 13.1. The van der Waals surface area contributed by atoms with Gasteiger partial charge in [-0.3, -0.25) is 9.59 Å². The second-order valence-corrected chi connectivity index (χ2v) is 8.17. The molecule has 2 aliphatic heterocycles. The zero-order chi connectivity index (χ0) is 17.6. The summed E-state index contributed by atoms with van der Waals surface area (Å²) in [6, 6.07) is 14.3. The van der Waals surface area contributed by atoms with Crippen molar-refractivity contribution in [2.45, 2.75) is 31.7 Å². The van der Waals surface area contributed by atoms with Crippen molar-refractivity contribution in [3.8, 4) is 11.1 Å². The van der Waals surface area contributed by atoms with Gasteiger partial charge in [-0.15, -0.1) is 0 Å². The van der Waals surface area contributed by atoms with Crippen LogP contribution in [-0.2, 0) is 9.59 Å². The van der Waals surface area contributed by atoms with Gasteiger partial charge in [0, 0.05) is 5.75 Å². The van der Waals surface area contributed by atoms with Gasteiger partial charge in [0.05, 0.1) is 0 Å². The van der Waals surface area contributed by atoms with Crippen LogP contribution >= 0.6 is 11.8 Å². The van der Waals surface area contributed by atoms with Gasteiger partial charge in [-0.1, -0.05) is 42.5 Å². The molecular weight excluding hydrogens is 330 g/mol. The second-order valence-electron chi connectivity index (χ2n) is 7.06. The Morgan fingerprint density at radius 2 is 1.84 bits per heavy atom. The molecule has 2 aromatic rings. The first-order valence-electron chi connectivity index (χ1n) is 8.62. The van der Waals surface area contributed by atoms with E-state index in [4.69, 9.17) is 0 Å². The molecule has 0 radical (unpaired) electrons. The highest BCUT2D eigenvalue weighted by Crippen LogP contribution is 2.40. The molecule has 0 saturated carbocycles. The highest BCUT2D eigenvalue weighted by atomic mass is 32.2. The van der Waals surface area contributed by atoms with Crippen LogP contribution in [0.5, 0.6) is 0 Å². The van der Waals surface area contributed by atoms with E-state index in [-0.39, 0.29) is 11.7 Å². The molecule has 3 nitrogen and oxygen atoms in total. The fraction of sp³-hybridized carbons (Fsp3) is 0.333. The Hall–Kier alpha value is -2.07. The minimum Gasteiger partial charge on any atom is -0.342 e. The van der Waals surface area contributed by atoms with E-state index in [1.54, 1.807) is 11.8 Å². The van der Waals surface area contributed by atoms with Crippen LogP contribution in [0, 0.1) is 13.8 Å². The molecule has 2 aliphatic rings. The van der Waals surface area contributed by atoms with E-state index in [0.29, 0.717) is 5.75 Å². The number of hydrogen-bond donors (Lipinski definition) is 1. The average molecular weight is 351 g/mol. The van der Waals surface area contributed by atoms with Gasteiger partial charge >= 0.3 is 0 Å². The Balaban J connectivity index is 1.75. The zero-order valence-electron chi connectivity index (χ0n) is 14.5.